The average molecular weight is 305 g/mol. The summed E-state index contributed by atoms with van der Waals surface area (Å²) in [4.78, 5) is 2.05. The molecule has 5 nitrogen and oxygen atoms in total. The standard InChI is InChI=1S/C15H19N3O2S/c1-11-10-12(8-9-13(11)16)21(19,20)17-14-6-4-5-7-15(14)18(2)3/h4-10,17H,16H2,1-3H3. The molecule has 0 bridgehead atoms. The number of hydrogen-bond acceptors (Lipinski definition) is 4. The van der Waals surface area contributed by atoms with Crippen molar-refractivity contribution in [3.63, 3.8) is 0 Å². The van der Waals surface area contributed by atoms with Crippen molar-refractivity contribution < 1.29 is 8.42 Å². The number of nitrogens with one attached hydrogen (secondary N) is 1. The Balaban J connectivity index is 2.40. The molecule has 0 heterocycles. The van der Waals surface area contributed by atoms with Crippen LogP contribution in [0.15, 0.2) is 47.4 Å². The van der Waals surface area contributed by atoms with Crippen molar-refractivity contribution in [2.24, 2.45) is 0 Å². The number of aryl methyl sites for hydroxylation is 1. The van der Waals surface area contributed by atoms with Crippen LogP contribution in [0.2, 0.25) is 0 Å². The molecular formula is C15H19N3O2S. The monoisotopic (exact) mass is 305 g/mol. The highest BCUT2D eigenvalue weighted by Crippen LogP contribution is 2.27. The molecule has 0 saturated heterocycles. The van der Waals surface area contributed by atoms with Crippen molar-refractivity contribution in [1.82, 2.24) is 0 Å². The lowest BCUT2D eigenvalue weighted by molar-refractivity contribution is 0.601. The first-order chi connectivity index (χ1) is 9.81. The molecule has 0 radical (unpaired) electrons. The smallest absolute Gasteiger partial charge is 0.261 e. The summed E-state index contributed by atoms with van der Waals surface area (Å²) in [6.45, 7) is 1.78. The van der Waals surface area contributed by atoms with Crippen LogP contribution in [-0.2, 0) is 10.0 Å². The Kier molecular flexibility index (Phi) is 4.09. The fourth-order valence-electron chi connectivity index (χ4n) is 1.97. The molecule has 21 heavy (non-hydrogen) atoms. The molecule has 0 aromatic heterocycles. The van der Waals surface area contributed by atoms with Crippen LogP contribution < -0.4 is 15.4 Å². The molecule has 0 saturated carbocycles. The second kappa shape index (κ2) is 5.65. The van der Waals surface area contributed by atoms with Crippen LogP contribution in [0.5, 0.6) is 0 Å². The molecule has 2 rings (SSSR count). The summed E-state index contributed by atoms with van der Waals surface area (Å²) < 4.78 is 27.6. The van der Waals surface area contributed by atoms with Crippen molar-refractivity contribution in [3.05, 3.63) is 48.0 Å². The predicted molar refractivity (Wildman–Crippen MR) is 87.2 cm³/mol. The number of nitrogens with two attached hydrogens (primary N) is 1. The Morgan fingerprint density at radius 1 is 1.10 bits per heavy atom. The van der Waals surface area contributed by atoms with E-state index in [2.05, 4.69) is 4.72 Å². The first kappa shape index (κ1) is 15.2. The van der Waals surface area contributed by atoms with Crippen LogP contribution >= 0.6 is 0 Å². The summed E-state index contributed by atoms with van der Waals surface area (Å²) in [5.41, 5.74) is 8.37. The third-order valence-corrected chi connectivity index (χ3v) is 4.54. The lowest BCUT2D eigenvalue weighted by Gasteiger charge is -2.18. The van der Waals surface area contributed by atoms with Gasteiger partial charge in [-0.2, -0.15) is 0 Å². The zero-order chi connectivity index (χ0) is 15.6. The van der Waals surface area contributed by atoms with Gasteiger partial charge in [0.15, 0.2) is 0 Å². The number of nitrogens with zero attached hydrogens (tertiary/aromatic N) is 1. The quantitative estimate of drug-likeness (QED) is 0.851. The van der Waals surface area contributed by atoms with Crippen molar-refractivity contribution in [1.29, 1.82) is 0 Å². The summed E-state index contributed by atoms with van der Waals surface area (Å²) in [6, 6.07) is 11.9. The predicted octanol–water partition coefficient (Wildman–Crippen LogP) is 2.44. The summed E-state index contributed by atoms with van der Waals surface area (Å²) in [5, 5.41) is 0. The molecule has 2 aromatic rings. The van der Waals surface area contributed by atoms with Gasteiger partial charge in [-0.1, -0.05) is 12.1 Å². The minimum Gasteiger partial charge on any atom is -0.399 e. The fourth-order valence-corrected chi connectivity index (χ4v) is 3.13. The SMILES string of the molecule is Cc1cc(S(=O)(=O)Nc2ccccc2N(C)C)ccc1N. The third-order valence-electron chi connectivity index (χ3n) is 3.18. The van der Waals surface area contributed by atoms with E-state index in [4.69, 9.17) is 5.73 Å². The van der Waals surface area contributed by atoms with Gasteiger partial charge in [0.05, 0.1) is 16.3 Å². The fraction of sp³-hybridized carbons (Fsp3) is 0.200. The maximum Gasteiger partial charge on any atom is 0.261 e. The largest absolute Gasteiger partial charge is 0.399 e. The minimum absolute atomic E-state index is 0.197. The van der Waals surface area contributed by atoms with E-state index in [9.17, 15) is 8.42 Å². The number of para-hydroxylation sites is 2. The molecule has 0 spiro atoms. The molecule has 0 unspecified atom stereocenters. The van der Waals surface area contributed by atoms with Crippen LogP contribution in [0.25, 0.3) is 0 Å². The first-order valence-electron chi connectivity index (χ1n) is 6.46. The summed E-state index contributed by atoms with van der Waals surface area (Å²) in [6.07, 6.45) is 0. The molecule has 0 fully saturated rings. The number of anilines is 3. The third kappa shape index (κ3) is 3.28. The zero-order valence-electron chi connectivity index (χ0n) is 12.3. The van der Waals surface area contributed by atoms with Gasteiger partial charge in [-0.05, 0) is 42.8 Å². The van der Waals surface area contributed by atoms with Gasteiger partial charge in [0, 0.05) is 19.8 Å². The van der Waals surface area contributed by atoms with Crippen molar-refractivity contribution >= 4 is 27.1 Å². The molecule has 112 valence electrons. The Morgan fingerprint density at radius 3 is 2.38 bits per heavy atom. The number of hydrogen-bond donors (Lipinski definition) is 2. The number of rotatable bonds is 4. The summed E-state index contributed by atoms with van der Waals surface area (Å²) >= 11 is 0. The first-order valence-corrected chi connectivity index (χ1v) is 7.95. The van der Waals surface area contributed by atoms with E-state index >= 15 is 0 Å². The molecule has 0 amide bonds. The maximum atomic E-state index is 12.5. The lowest BCUT2D eigenvalue weighted by Crippen LogP contribution is -2.17. The highest BCUT2D eigenvalue weighted by Gasteiger charge is 2.17. The van der Waals surface area contributed by atoms with Crippen molar-refractivity contribution in [2.75, 3.05) is 29.5 Å². The van der Waals surface area contributed by atoms with Gasteiger partial charge in [-0.25, -0.2) is 8.42 Å². The van der Waals surface area contributed by atoms with E-state index in [0.717, 1.165) is 11.3 Å². The Bertz CT molecular complexity index is 755. The van der Waals surface area contributed by atoms with Gasteiger partial charge in [-0.15, -0.1) is 0 Å². The van der Waals surface area contributed by atoms with E-state index in [1.54, 1.807) is 31.2 Å². The van der Waals surface area contributed by atoms with Gasteiger partial charge in [0.25, 0.3) is 10.0 Å². The van der Waals surface area contributed by atoms with Gasteiger partial charge in [-0.3, -0.25) is 4.72 Å². The Labute approximate surface area is 125 Å². The summed E-state index contributed by atoms with van der Waals surface area (Å²) in [7, 11) is 0.0824. The van der Waals surface area contributed by atoms with Crippen LogP contribution in [0.1, 0.15) is 5.56 Å². The molecule has 2 aromatic carbocycles. The van der Waals surface area contributed by atoms with E-state index in [1.807, 2.05) is 31.1 Å². The highest BCUT2D eigenvalue weighted by molar-refractivity contribution is 7.92. The lowest BCUT2D eigenvalue weighted by atomic mass is 10.2. The molecule has 0 aliphatic heterocycles. The topological polar surface area (TPSA) is 75.4 Å². The molecule has 0 atom stereocenters. The number of benzene rings is 2. The zero-order valence-corrected chi connectivity index (χ0v) is 13.1. The Morgan fingerprint density at radius 2 is 1.76 bits per heavy atom. The highest BCUT2D eigenvalue weighted by atomic mass is 32.2. The normalized spacial score (nSPS) is 11.2. The molecule has 3 N–H and O–H groups in total. The molecule has 0 aliphatic carbocycles. The summed E-state index contributed by atoms with van der Waals surface area (Å²) in [5.74, 6) is 0. The molecular weight excluding hydrogens is 286 g/mol. The van der Waals surface area contributed by atoms with Crippen LogP contribution in [0, 0.1) is 6.92 Å². The number of sulfonamides is 1. The maximum absolute atomic E-state index is 12.5. The van der Waals surface area contributed by atoms with Crippen LogP contribution in [0.4, 0.5) is 17.1 Å². The second-order valence-electron chi connectivity index (χ2n) is 5.04. The average Bonchev–Trinajstić information content (AvgIpc) is 2.41. The molecule has 6 heteroatoms. The van der Waals surface area contributed by atoms with E-state index in [1.165, 1.54) is 6.07 Å². The van der Waals surface area contributed by atoms with Gasteiger partial charge >= 0.3 is 0 Å². The second-order valence-corrected chi connectivity index (χ2v) is 6.72. The van der Waals surface area contributed by atoms with Crippen LogP contribution in [-0.4, -0.2) is 22.5 Å². The van der Waals surface area contributed by atoms with E-state index in [-0.39, 0.29) is 4.90 Å². The number of nitrogen functional groups attached to an aromatic ring is 1. The van der Waals surface area contributed by atoms with Gasteiger partial charge in [0.1, 0.15) is 0 Å². The Hall–Kier alpha value is -2.21. The molecule has 0 aliphatic rings. The van der Waals surface area contributed by atoms with Crippen molar-refractivity contribution in [2.45, 2.75) is 11.8 Å². The minimum atomic E-state index is -3.64. The van der Waals surface area contributed by atoms with Crippen molar-refractivity contribution in [3.8, 4) is 0 Å². The van der Waals surface area contributed by atoms with E-state index < -0.39 is 10.0 Å². The van der Waals surface area contributed by atoms with Crippen LogP contribution in [0.3, 0.4) is 0 Å². The van der Waals surface area contributed by atoms with Gasteiger partial charge < -0.3 is 10.6 Å². The van der Waals surface area contributed by atoms with E-state index in [0.29, 0.717) is 11.4 Å². The van der Waals surface area contributed by atoms with Gasteiger partial charge in [0.2, 0.25) is 0 Å².